The summed E-state index contributed by atoms with van der Waals surface area (Å²) in [6.45, 7) is 1.93. The molecule has 0 amide bonds. The van der Waals surface area contributed by atoms with Gasteiger partial charge in [-0.1, -0.05) is 11.4 Å². The van der Waals surface area contributed by atoms with Gasteiger partial charge < -0.3 is 14.9 Å². The Balaban J connectivity index is 2.41. The van der Waals surface area contributed by atoms with Gasteiger partial charge in [0, 0.05) is 0 Å². The predicted molar refractivity (Wildman–Crippen MR) is 56.7 cm³/mol. The van der Waals surface area contributed by atoms with Crippen molar-refractivity contribution in [1.29, 1.82) is 0 Å². The van der Waals surface area contributed by atoms with Crippen molar-refractivity contribution in [3.8, 4) is 0 Å². The van der Waals surface area contributed by atoms with E-state index in [9.17, 15) is 10.2 Å². The summed E-state index contributed by atoms with van der Waals surface area (Å²) in [6.07, 6.45) is -0.725. The Kier molecular flexibility index (Phi) is 4.09. The molecule has 1 fully saturated rings. The van der Waals surface area contributed by atoms with Crippen molar-refractivity contribution in [2.75, 3.05) is 4.61 Å². The van der Waals surface area contributed by atoms with Crippen LogP contribution in [0.5, 0.6) is 0 Å². The summed E-state index contributed by atoms with van der Waals surface area (Å²) in [5.41, 5.74) is 0. The predicted octanol–water partition coefficient (Wildman–Crippen LogP) is 0.493. The molecule has 12 heavy (non-hydrogen) atoms. The second kappa shape index (κ2) is 4.64. The second-order valence-electron chi connectivity index (χ2n) is 3.20. The summed E-state index contributed by atoms with van der Waals surface area (Å²) in [5, 5.41) is 18.9. The van der Waals surface area contributed by atoms with Crippen LogP contribution in [-0.2, 0) is 4.74 Å². The SMILES string of the molecule is C=ICOC1CC(C)C(O)C1O. The Labute approximate surface area is 82.5 Å². The lowest BCUT2D eigenvalue weighted by atomic mass is 10.1. The van der Waals surface area contributed by atoms with Gasteiger partial charge in [-0.15, -0.1) is 20.7 Å². The molecular formula is C8H15IO3. The number of ether oxygens (including phenoxy) is 1. The Bertz CT molecular complexity index is 162. The molecule has 1 saturated carbocycles. The Morgan fingerprint density at radius 1 is 1.50 bits per heavy atom. The first-order valence-electron chi connectivity index (χ1n) is 3.97. The molecule has 1 aliphatic carbocycles. The third kappa shape index (κ3) is 2.25. The molecular weight excluding hydrogens is 271 g/mol. The first-order chi connectivity index (χ1) is 5.66. The van der Waals surface area contributed by atoms with Crippen LogP contribution in [0.2, 0.25) is 0 Å². The van der Waals surface area contributed by atoms with Gasteiger partial charge in [-0.3, -0.25) is 0 Å². The smallest absolute Gasteiger partial charge is 0.106 e. The van der Waals surface area contributed by atoms with E-state index in [1.54, 1.807) is 0 Å². The number of alkyl halides is 1. The lowest BCUT2D eigenvalue weighted by molar-refractivity contribution is -0.0424. The van der Waals surface area contributed by atoms with Crippen LogP contribution in [0.1, 0.15) is 13.3 Å². The van der Waals surface area contributed by atoms with E-state index >= 15 is 0 Å². The fraction of sp³-hybridized carbons (Fsp3) is 0.875. The van der Waals surface area contributed by atoms with Crippen LogP contribution in [0.4, 0.5) is 0 Å². The number of rotatable bonds is 3. The average molecular weight is 286 g/mol. The molecule has 0 saturated heterocycles. The molecule has 0 spiro atoms. The lowest BCUT2D eigenvalue weighted by Crippen LogP contribution is -2.31. The summed E-state index contributed by atoms with van der Waals surface area (Å²) >= 11 is -0.124. The van der Waals surface area contributed by atoms with Crippen molar-refractivity contribution in [2.45, 2.75) is 31.7 Å². The van der Waals surface area contributed by atoms with Gasteiger partial charge in [0.1, 0.15) is 6.10 Å². The fourth-order valence-electron chi connectivity index (χ4n) is 1.49. The Morgan fingerprint density at radius 3 is 2.58 bits per heavy atom. The number of hydrogen-bond donors (Lipinski definition) is 2. The summed E-state index contributed by atoms with van der Waals surface area (Å²) in [5.74, 6) is 0.146. The summed E-state index contributed by atoms with van der Waals surface area (Å²) in [6, 6.07) is 0. The summed E-state index contributed by atoms with van der Waals surface area (Å²) in [4.78, 5) is 0. The molecule has 0 aromatic heterocycles. The summed E-state index contributed by atoms with van der Waals surface area (Å²) in [7, 11) is 0. The van der Waals surface area contributed by atoms with E-state index in [4.69, 9.17) is 4.74 Å². The van der Waals surface area contributed by atoms with E-state index in [1.165, 1.54) is 0 Å². The van der Waals surface area contributed by atoms with E-state index in [1.807, 2.05) is 6.92 Å². The van der Waals surface area contributed by atoms with E-state index in [-0.39, 0.29) is 32.8 Å². The Morgan fingerprint density at radius 2 is 2.17 bits per heavy atom. The van der Waals surface area contributed by atoms with Crippen molar-refractivity contribution >= 4 is 25.2 Å². The second-order valence-corrected chi connectivity index (χ2v) is 4.90. The van der Waals surface area contributed by atoms with Crippen LogP contribution < -0.4 is 0 Å². The number of hydrogen-bond acceptors (Lipinski definition) is 3. The van der Waals surface area contributed by atoms with E-state index in [0.717, 1.165) is 6.42 Å². The minimum absolute atomic E-state index is 0.124. The maximum absolute atomic E-state index is 9.47. The third-order valence-corrected chi connectivity index (χ3v) is 3.07. The highest BCUT2D eigenvalue weighted by Gasteiger charge is 2.39. The van der Waals surface area contributed by atoms with Crippen molar-refractivity contribution in [2.24, 2.45) is 5.92 Å². The molecule has 0 aromatic carbocycles. The number of aliphatic hydroxyl groups is 2. The van der Waals surface area contributed by atoms with Crippen LogP contribution in [-0.4, -0.2) is 37.7 Å². The highest BCUT2D eigenvalue weighted by Crippen LogP contribution is 2.28. The van der Waals surface area contributed by atoms with Crippen molar-refractivity contribution in [1.82, 2.24) is 0 Å². The van der Waals surface area contributed by atoms with Gasteiger partial charge in [0.05, 0.1) is 16.8 Å². The maximum Gasteiger partial charge on any atom is 0.106 e. The number of halogens is 1. The van der Waals surface area contributed by atoms with Crippen LogP contribution >= 0.6 is 20.7 Å². The standard InChI is InChI=1S/C8H15IO3/c1-5-3-6(12-4-9-2)8(11)7(5)10/h5-8,10-11H,2-4H2,1H3. The van der Waals surface area contributed by atoms with Gasteiger partial charge in [-0.05, 0) is 12.3 Å². The zero-order valence-electron chi connectivity index (χ0n) is 7.11. The quantitative estimate of drug-likeness (QED) is 0.586. The van der Waals surface area contributed by atoms with Crippen molar-refractivity contribution in [3.05, 3.63) is 0 Å². The van der Waals surface area contributed by atoms with Gasteiger partial charge in [0.15, 0.2) is 0 Å². The van der Waals surface area contributed by atoms with Crippen molar-refractivity contribution in [3.63, 3.8) is 0 Å². The minimum Gasteiger partial charge on any atom is -0.390 e. The molecule has 2 N–H and O–H groups in total. The number of aliphatic hydroxyl groups excluding tert-OH is 2. The van der Waals surface area contributed by atoms with Crippen molar-refractivity contribution < 1.29 is 14.9 Å². The average Bonchev–Trinajstić information content (AvgIpc) is 2.30. The van der Waals surface area contributed by atoms with Crippen LogP contribution in [0.25, 0.3) is 0 Å². The molecule has 0 bridgehead atoms. The van der Waals surface area contributed by atoms with Gasteiger partial charge in [-0.25, -0.2) is 0 Å². The maximum atomic E-state index is 9.47. The van der Waals surface area contributed by atoms with Gasteiger partial charge in [-0.2, -0.15) is 0 Å². The van der Waals surface area contributed by atoms with Gasteiger partial charge in [0.2, 0.25) is 0 Å². The zero-order chi connectivity index (χ0) is 9.14. The highest BCUT2D eigenvalue weighted by atomic mass is 127. The normalized spacial score (nSPS) is 41.9. The third-order valence-electron chi connectivity index (χ3n) is 2.27. The van der Waals surface area contributed by atoms with Gasteiger partial charge >= 0.3 is 0 Å². The molecule has 1 aliphatic rings. The molecule has 0 radical (unpaired) electrons. The molecule has 3 nitrogen and oxygen atoms in total. The topological polar surface area (TPSA) is 49.7 Å². The molecule has 0 aromatic rings. The molecule has 72 valence electrons. The van der Waals surface area contributed by atoms with E-state index < -0.39 is 12.2 Å². The fourth-order valence-corrected chi connectivity index (χ4v) is 2.21. The van der Waals surface area contributed by atoms with Crippen LogP contribution in [0, 0.1) is 5.92 Å². The largest absolute Gasteiger partial charge is 0.390 e. The zero-order valence-corrected chi connectivity index (χ0v) is 9.27. The molecule has 4 unspecified atom stereocenters. The van der Waals surface area contributed by atoms with Crippen LogP contribution in [0.3, 0.4) is 0 Å². The monoisotopic (exact) mass is 286 g/mol. The molecule has 0 aliphatic heterocycles. The molecule has 4 heteroatoms. The molecule has 0 heterocycles. The van der Waals surface area contributed by atoms with E-state index in [2.05, 4.69) is 4.51 Å². The molecule has 1 rings (SSSR count). The minimum atomic E-state index is -0.699. The Hall–Kier alpha value is 0.480. The first-order valence-corrected chi connectivity index (χ1v) is 7.02. The van der Waals surface area contributed by atoms with Crippen LogP contribution in [0.15, 0.2) is 0 Å². The first kappa shape index (κ1) is 10.6. The van der Waals surface area contributed by atoms with Gasteiger partial charge in [0.25, 0.3) is 0 Å². The summed E-state index contributed by atoms with van der Waals surface area (Å²) < 4.78 is 9.80. The van der Waals surface area contributed by atoms with E-state index in [0.29, 0.717) is 4.61 Å². The highest BCUT2D eigenvalue weighted by molar-refractivity contribution is 14.2. The lowest BCUT2D eigenvalue weighted by Gasteiger charge is -2.15. The molecule has 4 atom stereocenters.